The highest BCUT2D eigenvalue weighted by Gasteiger charge is 2.33. The molecule has 122 valence electrons. The Bertz CT molecular complexity index is 738. The summed E-state index contributed by atoms with van der Waals surface area (Å²) >= 11 is 0. The number of fused-ring (bicyclic) bond motifs is 3. The molecule has 1 aliphatic carbocycles. The summed E-state index contributed by atoms with van der Waals surface area (Å²) in [4.78, 5) is 0. The van der Waals surface area contributed by atoms with Crippen LogP contribution in [0.5, 0.6) is 11.5 Å². The van der Waals surface area contributed by atoms with E-state index >= 15 is 0 Å². The number of aryl methyl sites for hydroxylation is 1. The molecule has 1 saturated carbocycles. The molecule has 0 saturated heterocycles. The minimum Gasteiger partial charge on any atom is -0.493 e. The minimum absolute atomic E-state index is 0.559. The van der Waals surface area contributed by atoms with Crippen LogP contribution in [0.1, 0.15) is 31.2 Å². The van der Waals surface area contributed by atoms with Crippen molar-refractivity contribution in [2.45, 2.75) is 38.8 Å². The van der Waals surface area contributed by atoms with Gasteiger partial charge in [0, 0.05) is 6.04 Å². The van der Waals surface area contributed by atoms with Crippen molar-refractivity contribution in [2.75, 3.05) is 19.2 Å². The molecule has 7 heteroatoms. The van der Waals surface area contributed by atoms with Crippen LogP contribution in [0.2, 0.25) is 0 Å². The van der Waals surface area contributed by atoms with Gasteiger partial charge < -0.3 is 9.47 Å². The summed E-state index contributed by atoms with van der Waals surface area (Å²) in [7, 11) is 3.30. The number of hydrogen-bond donors (Lipinski definition) is 1. The van der Waals surface area contributed by atoms with Crippen LogP contribution >= 0.6 is 0 Å². The lowest BCUT2D eigenvalue weighted by Gasteiger charge is -2.33. The minimum atomic E-state index is 0.559. The zero-order chi connectivity index (χ0) is 16.0. The van der Waals surface area contributed by atoms with Crippen molar-refractivity contribution >= 4 is 5.69 Å². The lowest BCUT2D eigenvalue weighted by molar-refractivity contribution is 0.352. The van der Waals surface area contributed by atoms with Crippen molar-refractivity contribution in [3.63, 3.8) is 0 Å². The fraction of sp³-hybridized carbons (Fsp3) is 0.500. The predicted octanol–water partition coefficient (Wildman–Crippen LogP) is 1.83. The molecule has 7 nitrogen and oxygen atoms in total. The molecule has 0 spiro atoms. The van der Waals surface area contributed by atoms with Gasteiger partial charge in [-0.2, -0.15) is 0 Å². The van der Waals surface area contributed by atoms with Crippen molar-refractivity contribution in [3.8, 4) is 17.2 Å². The Morgan fingerprint density at radius 3 is 2.74 bits per heavy atom. The maximum absolute atomic E-state index is 5.64. The van der Waals surface area contributed by atoms with Gasteiger partial charge in [0.25, 0.3) is 0 Å². The predicted molar refractivity (Wildman–Crippen MR) is 86.2 cm³/mol. The molecule has 0 bridgehead atoms. The first-order valence-corrected chi connectivity index (χ1v) is 7.99. The zero-order valence-electron chi connectivity index (χ0n) is 13.7. The number of nitrogens with one attached hydrogen (secondary N) is 1. The monoisotopic (exact) mass is 315 g/mol. The summed E-state index contributed by atoms with van der Waals surface area (Å²) in [6, 6.07) is 4.54. The molecular formula is C16H21N5O2. The Balaban J connectivity index is 1.90. The van der Waals surface area contributed by atoms with Crippen LogP contribution < -0.4 is 19.9 Å². The topological polar surface area (TPSA) is 64.4 Å². The van der Waals surface area contributed by atoms with E-state index in [-0.39, 0.29) is 0 Å². The van der Waals surface area contributed by atoms with E-state index in [9.17, 15) is 0 Å². The first-order valence-electron chi connectivity index (χ1n) is 7.99. The first kappa shape index (κ1) is 14.3. The van der Waals surface area contributed by atoms with E-state index in [4.69, 9.17) is 9.47 Å². The summed E-state index contributed by atoms with van der Waals surface area (Å²) in [5, 5.41) is 10.9. The second-order valence-corrected chi connectivity index (χ2v) is 5.91. The summed E-state index contributed by atoms with van der Waals surface area (Å²) in [5.74, 6) is 1.38. The highest BCUT2D eigenvalue weighted by atomic mass is 16.5. The van der Waals surface area contributed by atoms with E-state index < -0.39 is 0 Å². The molecule has 2 aliphatic rings. The molecule has 1 aliphatic heterocycles. The number of hydrogen-bond acceptors (Lipinski definition) is 6. The van der Waals surface area contributed by atoms with Crippen molar-refractivity contribution in [3.05, 3.63) is 23.5 Å². The number of methoxy groups -OCH3 is 2. The molecule has 0 atom stereocenters. The fourth-order valence-corrected chi connectivity index (χ4v) is 3.05. The quantitative estimate of drug-likeness (QED) is 0.908. The number of nitrogens with zero attached hydrogens (tertiary/aromatic N) is 4. The Morgan fingerprint density at radius 2 is 2.09 bits per heavy atom. The molecule has 1 aromatic carbocycles. The molecule has 0 radical (unpaired) electrons. The van der Waals surface area contributed by atoms with Crippen LogP contribution in [0.25, 0.3) is 5.69 Å². The number of hydrazine groups is 1. The third-order valence-electron chi connectivity index (χ3n) is 4.40. The van der Waals surface area contributed by atoms with Gasteiger partial charge in [-0.1, -0.05) is 12.1 Å². The molecule has 1 fully saturated rings. The lowest BCUT2D eigenvalue weighted by Crippen LogP contribution is -2.42. The van der Waals surface area contributed by atoms with Gasteiger partial charge in [-0.3, -0.25) is 5.01 Å². The van der Waals surface area contributed by atoms with E-state index in [0.29, 0.717) is 17.5 Å². The van der Waals surface area contributed by atoms with E-state index in [1.807, 2.05) is 16.8 Å². The number of ether oxygens (including phenoxy) is 2. The van der Waals surface area contributed by atoms with Gasteiger partial charge in [-0.05, 0) is 31.4 Å². The molecule has 4 rings (SSSR count). The normalized spacial score (nSPS) is 16.0. The third-order valence-corrected chi connectivity index (χ3v) is 4.40. The van der Waals surface area contributed by atoms with Crippen molar-refractivity contribution in [1.82, 2.24) is 20.4 Å². The zero-order valence-corrected chi connectivity index (χ0v) is 13.7. The first-order chi connectivity index (χ1) is 11.3. The molecule has 2 heterocycles. The summed E-state index contributed by atoms with van der Waals surface area (Å²) in [6.45, 7) is 2.84. The maximum atomic E-state index is 5.64. The van der Waals surface area contributed by atoms with Gasteiger partial charge in [0.15, 0.2) is 11.5 Å². The number of anilines is 1. The molecule has 1 aromatic heterocycles. The van der Waals surface area contributed by atoms with Crippen LogP contribution in [0.15, 0.2) is 12.1 Å². The molecule has 0 unspecified atom stereocenters. The van der Waals surface area contributed by atoms with Gasteiger partial charge in [0.2, 0.25) is 0 Å². The van der Waals surface area contributed by atoms with E-state index in [1.165, 1.54) is 12.8 Å². The standard InChI is InChI=1S/C16H21N5O2/c1-4-11-13-9-20(18-10-5-6-10)12-7-8-14(22-2)16(23-3)15(12)21(13)19-17-11/h7-8,10,18H,4-6,9H2,1-3H3. The Kier molecular flexibility index (Phi) is 3.37. The van der Waals surface area contributed by atoms with Gasteiger partial charge in [-0.25, -0.2) is 10.1 Å². The smallest absolute Gasteiger partial charge is 0.188 e. The van der Waals surface area contributed by atoms with Crippen molar-refractivity contribution in [1.29, 1.82) is 0 Å². The second-order valence-electron chi connectivity index (χ2n) is 5.91. The van der Waals surface area contributed by atoms with Crippen LogP contribution in [-0.2, 0) is 13.0 Å². The Labute approximate surface area is 135 Å². The molecule has 0 amide bonds. The number of rotatable bonds is 5. The molecule has 2 aromatic rings. The summed E-state index contributed by atoms with van der Waals surface area (Å²) in [5.41, 5.74) is 7.62. The molecule has 1 N–H and O–H groups in total. The van der Waals surface area contributed by atoms with Crippen LogP contribution in [0.4, 0.5) is 5.69 Å². The third kappa shape index (κ3) is 2.23. The summed E-state index contributed by atoms with van der Waals surface area (Å²) in [6.07, 6.45) is 3.29. The lowest BCUT2D eigenvalue weighted by atomic mass is 10.1. The number of aromatic nitrogens is 3. The van der Waals surface area contributed by atoms with Crippen molar-refractivity contribution < 1.29 is 9.47 Å². The van der Waals surface area contributed by atoms with Crippen LogP contribution in [-0.4, -0.2) is 35.3 Å². The van der Waals surface area contributed by atoms with E-state index in [0.717, 1.165) is 35.7 Å². The van der Waals surface area contributed by atoms with Crippen LogP contribution in [0.3, 0.4) is 0 Å². The van der Waals surface area contributed by atoms with Gasteiger partial charge in [-0.15, -0.1) is 5.10 Å². The Morgan fingerprint density at radius 1 is 1.26 bits per heavy atom. The molecule has 23 heavy (non-hydrogen) atoms. The Hall–Kier alpha value is -2.28. The van der Waals surface area contributed by atoms with Crippen molar-refractivity contribution in [2.24, 2.45) is 0 Å². The molecular weight excluding hydrogens is 294 g/mol. The average molecular weight is 315 g/mol. The van der Waals surface area contributed by atoms with Gasteiger partial charge in [0.05, 0.1) is 37.8 Å². The van der Waals surface area contributed by atoms with E-state index in [1.54, 1.807) is 14.2 Å². The fourth-order valence-electron chi connectivity index (χ4n) is 3.05. The summed E-state index contributed by atoms with van der Waals surface area (Å²) < 4.78 is 13.0. The second kappa shape index (κ2) is 5.42. The number of benzene rings is 1. The average Bonchev–Trinajstić information content (AvgIpc) is 3.30. The van der Waals surface area contributed by atoms with Crippen LogP contribution in [0, 0.1) is 0 Å². The highest BCUT2D eigenvalue weighted by Crippen LogP contribution is 2.43. The maximum Gasteiger partial charge on any atom is 0.188 e. The largest absolute Gasteiger partial charge is 0.493 e. The van der Waals surface area contributed by atoms with Gasteiger partial charge >= 0.3 is 0 Å². The SMILES string of the molecule is CCc1nnn2c1CN(NC1CC1)c1ccc(OC)c(OC)c1-2. The van der Waals surface area contributed by atoms with E-state index in [2.05, 4.69) is 27.7 Å². The van der Waals surface area contributed by atoms with Gasteiger partial charge in [0.1, 0.15) is 5.69 Å². The highest BCUT2D eigenvalue weighted by molar-refractivity contribution is 5.74.